The third kappa shape index (κ3) is 3.30. The molecule has 1 unspecified atom stereocenters. The van der Waals surface area contributed by atoms with Crippen molar-refractivity contribution >= 4 is 21.4 Å². The van der Waals surface area contributed by atoms with Crippen LogP contribution in [0.1, 0.15) is 5.69 Å². The van der Waals surface area contributed by atoms with Crippen LogP contribution < -0.4 is 11.1 Å². The molecule has 0 spiro atoms. The lowest BCUT2D eigenvalue weighted by atomic mass is 10.2. The van der Waals surface area contributed by atoms with Crippen molar-refractivity contribution in [2.24, 2.45) is 0 Å². The molecule has 1 aliphatic rings. The van der Waals surface area contributed by atoms with Gasteiger partial charge >= 0.3 is 0 Å². The number of nitrogens with zero attached hydrogens (tertiary/aromatic N) is 1. The zero-order chi connectivity index (χ0) is 13.2. The fourth-order valence-corrected chi connectivity index (χ4v) is 2.86. The van der Waals surface area contributed by atoms with Crippen LogP contribution in [0.2, 0.25) is 0 Å². The molecule has 7 heteroatoms. The number of carbonyl (C=O) groups is 1. The van der Waals surface area contributed by atoms with E-state index in [0.29, 0.717) is 11.4 Å². The number of amides is 1. The minimum atomic E-state index is -3.15. The van der Waals surface area contributed by atoms with Crippen LogP contribution in [-0.4, -0.2) is 31.1 Å². The lowest BCUT2D eigenvalue weighted by Gasteiger charge is -2.09. The van der Waals surface area contributed by atoms with E-state index in [1.54, 1.807) is 12.1 Å². The first-order valence-electron chi connectivity index (χ1n) is 5.35. The quantitative estimate of drug-likeness (QED) is 0.778. The lowest BCUT2D eigenvalue weighted by Crippen LogP contribution is -2.36. The van der Waals surface area contributed by atoms with Crippen LogP contribution in [-0.2, 0) is 21.1 Å². The largest absolute Gasteiger partial charge is 0.397 e. The van der Waals surface area contributed by atoms with E-state index in [0.717, 1.165) is 5.41 Å². The smallest absolute Gasteiger partial charge is 0.226 e. The topological polar surface area (TPSA) is 102 Å². The van der Waals surface area contributed by atoms with Crippen LogP contribution >= 0.6 is 0 Å². The number of hydrogen-bond donors (Lipinski definition) is 2. The molecule has 18 heavy (non-hydrogen) atoms. The Morgan fingerprint density at radius 3 is 2.83 bits per heavy atom. The van der Waals surface area contributed by atoms with Gasteiger partial charge in [0, 0.05) is 11.1 Å². The van der Waals surface area contributed by atoms with Crippen molar-refractivity contribution in [2.45, 2.75) is 12.5 Å². The van der Waals surface area contributed by atoms with Crippen molar-refractivity contribution in [3.63, 3.8) is 0 Å². The zero-order valence-electron chi connectivity index (χ0n) is 9.54. The molecule has 2 rings (SSSR count). The Labute approximate surface area is 105 Å². The highest BCUT2D eigenvalue weighted by Gasteiger charge is 2.22. The maximum atomic E-state index is 11.7. The second kappa shape index (κ2) is 4.77. The summed E-state index contributed by atoms with van der Waals surface area (Å²) in [7, 11) is -3.15. The molecule has 3 N–H and O–H groups in total. The van der Waals surface area contributed by atoms with E-state index in [1.807, 2.05) is 0 Å². The molecule has 96 valence electrons. The van der Waals surface area contributed by atoms with E-state index in [2.05, 4.69) is 10.3 Å². The Balaban J connectivity index is 1.90. The Hall–Kier alpha value is -1.89. The monoisotopic (exact) mass is 267 g/mol. The van der Waals surface area contributed by atoms with Gasteiger partial charge in [0.1, 0.15) is 0 Å². The van der Waals surface area contributed by atoms with E-state index in [1.165, 1.54) is 12.3 Å². The number of rotatable bonds is 3. The van der Waals surface area contributed by atoms with Crippen LogP contribution in [0.25, 0.3) is 0 Å². The fourth-order valence-electron chi connectivity index (χ4n) is 1.63. The Kier molecular flexibility index (Phi) is 3.33. The molecule has 0 fully saturated rings. The van der Waals surface area contributed by atoms with E-state index in [4.69, 9.17) is 5.73 Å². The number of anilines is 1. The Bertz CT molecular complexity index is 578. The lowest BCUT2D eigenvalue weighted by molar-refractivity contribution is -0.120. The number of carbonyl (C=O) groups excluding carboxylic acids is 1. The highest BCUT2D eigenvalue weighted by Crippen LogP contribution is 2.08. The second-order valence-electron chi connectivity index (χ2n) is 4.09. The van der Waals surface area contributed by atoms with Gasteiger partial charge < -0.3 is 11.1 Å². The molecule has 0 radical (unpaired) electrons. The summed E-state index contributed by atoms with van der Waals surface area (Å²) in [5.74, 6) is -0.340. The fraction of sp³-hybridized carbons (Fsp3) is 0.273. The summed E-state index contributed by atoms with van der Waals surface area (Å²) in [6, 6.07) is 2.88. The number of nitrogens with one attached hydrogen (secondary N) is 1. The average molecular weight is 267 g/mol. The Morgan fingerprint density at radius 1 is 1.50 bits per heavy atom. The number of aromatic nitrogens is 1. The summed E-state index contributed by atoms with van der Waals surface area (Å²) in [4.78, 5) is 15.7. The van der Waals surface area contributed by atoms with E-state index in [9.17, 15) is 13.2 Å². The van der Waals surface area contributed by atoms with Crippen LogP contribution in [0.3, 0.4) is 0 Å². The third-order valence-corrected chi connectivity index (χ3v) is 3.86. The number of sulfone groups is 1. The number of pyridine rings is 1. The summed E-state index contributed by atoms with van der Waals surface area (Å²) < 4.78 is 22.3. The van der Waals surface area contributed by atoms with Crippen molar-refractivity contribution in [3.8, 4) is 0 Å². The van der Waals surface area contributed by atoms with Crippen molar-refractivity contribution in [3.05, 3.63) is 35.5 Å². The highest BCUT2D eigenvalue weighted by molar-refractivity contribution is 7.94. The molecule has 0 aliphatic carbocycles. The molecule has 6 nitrogen and oxygen atoms in total. The van der Waals surface area contributed by atoms with E-state index < -0.39 is 15.9 Å². The maximum absolute atomic E-state index is 11.7. The number of hydrogen-bond acceptors (Lipinski definition) is 5. The molecule has 0 saturated carbocycles. The van der Waals surface area contributed by atoms with Gasteiger partial charge in [-0.15, -0.1) is 0 Å². The minimum absolute atomic E-state index is 0.0755. The molecular weight excluding hydrogens is 254 g/mol. The van der Waals surface area contributed by atoms with Gasteiger partial charge in [0.2, 0.25) is 5.91 Å². The van der Waals surface area contributed by atoms with Gasteiger partial charge in [0.15, 0.2) is 9.84 Å². The molecule has 1 aliphatic heterocycles. The predicted molar refractivity (Wildman–Crippen MR) is 67.2 cm³/mol. The Morgan fingerprint density at radius 2 is 2.28 bits per heavy atom. The van der Waals surface area contributed by atoms with Gasteiger partial charge in [0.25, 0.3) is 0 Å². The van der Waals surface area contributed by atoms with Crippen molar-refractivity contribution in [1.82, 2.24) is 10.3 Å². The van der Waals surface area contributed by atoms with Gasteiger partial charge in [-0.25, -0.2) is 8.42 Å². The van der Waals surface area contributed by atoms with Gasteiger partial charge in [-0.1, -0.05) is 0 Å². The SMILES string of the molecule is Nc1ccc(CC(=O)NC2C=CS(=O)(=O)C2)nc1. The summed E-state index contributed by atoms with van der Waals surface area (Å²) in [6.45, 7) is 0. The van der Waals surface area contributed by atoms with Gasteiger partial charge in [-0.2, -0.15) is 0 Å². The van der Waals surface area contributed by atoms with Crippen LogP contribution in [0, 0.1) is 0 Å². The van der Waals surface area contributed by atoms with Crippen LogP contribution in [0.4, 0.5) is 5.69 Å². The minimum Gasteiger partial charge on any atom is -0.397 e. The van der Waals surface area contributed by atoms with E-state index in [-0.39, 0.29) is 18.1 Å². The molecule has 1 atom stereocenters. The first-order valence-corrected chi connectivity index (χ1v) is 7.07. The number of nitrogens with two attached hydrogens (primary N) is 1. The van der Waals surface area contributed by atoms with Gasteiger partial charge in [0.05, 0.1) is 30.1 Å². The van der Waals surface area contributed by atoms with Crippen LogP contribution in [0.15, 0.2) is 29.8 Å². The molecule has 0 bridgehead atoms. The molecular formula is C11H13N3O3S. The molecule has 2 heterocycles. The van der Waals surface area contributed by atoms with Crippen molar-refractivity contribution < 1.29 is 13.2 Å². The summed E-state index contributed by atoms with van der Waals surface area (Å²) in [5, 5.41) is 3.75. The van der Waals surface area contributed by atoms with Gasteiger partial charge in [-0.05, 0) is 18.2 Å². The van der Waals surface area contributed by atoms with Crippen molar-refractivity contribution in [1.29, 1.82) is 0 Å². The van der Waals surface area contributed by atoms with Gasteiger partial charge in [-0.3, -0.25) is 9.78 Å². The predicted octanol–water partition coefficient (Wildman–Crippen LogP) is -0.367. The molecule has 1 aromatic rings. The molecule has 0 saturated heterocycles. The third-order valence-electron chi connectivity index (χ3n) is 2.47. The molecule has 1 aromatic heterocycles. The van der Waals surface area contributed by atoms with Crippen molar-refractivity contribution in [2.75, 3.05) is 11.5 Å². The highest BCUT2D eigenvalue weighted by atomic mass is 32.2. The summed E-state index contributed by atoms with van der Waals surface area (Å²) in [6.07, 6.45) is 3.05. The first kappa shape index (κ1) is 12.6. The first-order chi connectivity index (χ1) is 8.44. The summed E-state index contributed by atoms with van der Waals surface area (Å²) >= 11 is 0. The normalized spacial score (nSPS) is 20.8. The second-order valence-corrected chi connectivity index (χ2v) is 6.02. The maximum Gasteiger partial charge on any atom is 0.226 e. The molecule has 0 aromatic carbocycles. The standard InChI is InChI=1S/C11H13N3O3S/c12-8-1-2-9(13-6-8)5-11(15)14-10-3-4-18(16,17)7-10/h1-4,6,10H,5,7,12H2,(H,14,15). The van der Waals surface area contributed by atoms with E-state index >= 15 is 0 Å². The average Bonchev–Trinajstić information content (AvgIpc) is 2.61. The zero-order valence-corrected chi connectivity index (χ0v) is 10.4. The summed E-state index contributed by atoms with van der Waals surface area (Å²) in [5.41, 5.74) is 6.60. The number of nitrogen functional groups attached to an aromatic ring is 1. The molecule has 1 amide bonds. The van der Waals surface area contributed by atoms with Crippen LogP contribution in [0.5, 0.6) is 0 Å².